The van der Waals surface area contributed by atoms with Crippen LogP contribution in [0.3, 0.4) is 0 Å². The fourth-order valence-corrected chi connectivity index (χ4v) is 5.32. The van der Waals surface area contributed by atoms with Crippen LogP contribution >= 0.6 is 11.8 Å². The first kappa shape index (κ1) is 18.7. The average Bonchev–Trinajstić information content (AvgIpc) is 3.12. The molecular formula is C21H20N2O3S2. The fourth-order valence-electron chi connectivity index (χ4n) is 3.06. The summed E-state index contributed by atoms with van der Waals surface area (Å²) in [6, 6.07) is 22.4. The molecule has 3 aromatic carbocycles. The first-order valence-corrected chi connectivity index (χ1v) is 11.4. The number of anilines is 2. The smallest absolute Gasteiger partial charge is 0.271 e. The molecule has 0 fully saturated rings. The topological polar surface area (TPSA) is 81.4 Å². The maximum absolute atomic E-state index is 12.9. The summed E-state index contributed by atoms with van der Waals surface area (Å²) in [4.78, 5) is 0.851. The van der Waals surface area contributed by atoms with Crippen molar-refractivity contribution in [2.75, 3.05) is 10.5 Å². The van der Waals surface area contributed by atoms with E-state index < -0.39 is 15.5 Å². The van der Waals surface area contributed by atoms with Crippen LogP contribution in [-0.4, -0.2) is 13.9 Å². The molecular weight excluding hydrogens is 392 g/mol. The number of fused-ring (bicyclic) bond motifs is 1. The molecule has 1 unspecified atom stereocenters. The normalized spacial score (nSPS) is 15.6. The van der Waals surface area contributed by atoms with E-state index in [1.807, 2.05) is 60.7 Å². The molecule has 0 aromatic heterocycles. The minimum atomic E-state index is -3.70. The molecule has 1 aliphatic heterocycles. The maximum atomic E-state index is 12.9. The number of para-hydroxylation sites is 2. The van der Waals surface area contributed by atoms with Crippen LogP contribution in [0.1, 0.15) is 11.1 Å². The zero-order valence-electron chi connectivity index (χ0n) is 15.0. The van der Waals surface area contributed by atoms with Crippen molar-refractivity contribution < 1.29 is 13.2 Å². The zero-order chi connectivity index (χ0) is 19.6. The Morgan fingerprint density at radius 1 is 1.04 bits per heavy atom. The quantitative estimate of drug-likeness (QED) is 0.467. The van der Waals surface area contributed by atoms with Gasteiger partial charge in [0.1, 0.15) is 5.75 Å². The molecule has 3 N–H and O–H groups in total. The highest BCUT2D eigenvalue weighted by Crippen LogP contribution is 2.34. The van der Waals surface area contributed by atoms with Gasteiger partial charge < -0.3 is 10.5 Å². The summed E-state index contributed by atoms with van der Waals surface area (Å²) < 4.78 is 34.1. The van der Waals surface area contributed by atoms with Crippen molar-refractivity contribution in [2.45, 2.75) is 22.5 Å². The summed E-state index contributed by atoms with van der Waals surface area (Å²) >= 11 is 1.56. The third-order valence-electron chi connectivity index (χ3n) is 4.45. The molecule has 0 saturated carbocycles. The van der Waals surface area contributed by atoms with Crippen LogP contribution < -0.4 is 15.2 Å². The van der Waals surface area contributed by atoms with Gasteiger partial charge in [-0.1, -0.05) is 42.5 Å². The third-order valence-corrected chi connectivity index (χ3v) is 7.05. The second-order valence-corrected chi connectivity index (χ2v) is 9.37. The lowest BCUT2D eigenvalue weighted by Crippen LogP contribution is -2.31. The fraction of sp³-hybridized carbons (Fsp3) is 0.143. The summed E-state index contributed by atoms with van der Waals surface area (Å²) in [6.07, 6.45) is 0.337. The molecule has 0 bridgehead atoms. The average molecular weight is 413 g/mol. The van der Waals surface area contributed by atoms with Crippen LogP contribution in [0.5, 0.6) is 5.75 Å². The standard InChI is InChI=1S/C21H20N2O3S2/c22-17-8-5-6-15(12-17)14-27-20-11-4-2-9-18(20)23-28(24,25)21-13-16-7-1-3-10-19(16)26-21/h1-12,21,23H,13-14,22H2. The number of nitrogen functional groups attached to an aromatic ring is 1. The summed E-state index contributed by atoms with van der Waals surface area (Å²) in [7, 11) is -3.70. The van der Waals surface area contributed by atoms with Crippen molar-refractivity contribution in [1.29, 1.82) is 0 Å². The van der Waals surface area contributed by atoms with Gasteiger partial charge in [-0.3, -0.25) is 4.72 Å². The zero-order valence-corrected chi connectivity index (χ0v) is 16.7. The molecule has 5 nitrogen and oxygen atoms in total. The highest BCUT2D eigenvalue weighted by Gasteiger charge is 2.34. The van der Waals surface area contributed by atoms with Gasteiger partial charge in [-0.25, -0.2) is 8.42 Å². The number of nitrogens with two attached hydrogens (primary N) is 1. The Kier molecular flexibility index (Phi) is 5.19. The minimum Gasteiger partial charge on any atom is -0.472 e. The van der Waals surface area contributed by atoms with Crippen molar-refractivity contribution in [3.05, 3.63) is 83.9 Å². The predicted molar refractivity (Wildman–Crippen MR) is 114 cm³/mol. The van der Waals surface area contributed by atoms with Gasteiger partial charge in [-0.15, -0.1) is 11.8 Å². The summed E-state index contributed by atoms with van der Waals surface area (Å²) in [5, 5.41) is 0. The van der Waals surface area contributed by atoms with Gasteiger partial charge in [0.2, 0.25) is 5.44 Å². The molecule has 1 heterocycles. The molecule has 28 heavy (non-hydrogen) atoms. The van der Waals surface area contributed by atoms with E-state index in [0.717, 1.165) is 16.0 Å². The lowest BCUT2D eigenvalue weighted by Gasteiger charge is -2.16. The Morgan fingerprint density at radius 3 is 2.64 bits per heavy atom. The molecule has 1 aliphatic rings. The Morgan fingerprint density at radius 2 is 1.82 bits per heavy atom. The molecule has 4 rings (SSSR count). The first-order valence-electron chi connectivity index (χ1n) is 8.84. The van der Waals surface area contributed by atoms with E-state index in [4.69, 9.17) is 10.5 Å². The minimum absolute atomic E-state index is 0.337. The van der Waals surface area contributed by atoms with Crippen LogP contribution in [0.15, 0.2) is 77.7 Å². The third kappa shape index (κ3) is 4.10. The number of rotatable bonds is 6. The van der Waals surface area contributed by atoms with E-state index in [2.05, 4.69) is 4.72 Å². The summed E-state index contributed by atoms with van der Waals surface area (Å²) in [5.41, 5.74) is 8.15. The molecule has 0 aliphatic carbocycles. The number of benzene rings is 3. The van der Waals surface area contributed by atoms with Crippen LogP contribution in [0.25, 0.3) is 0 Å². The number of hydrogen-bond donors (Lipinski definition) is 2. The van der Waals surface area contributed by atoms with Crippen molar-refractivity contribution in [1.82, 2.24) is 0 Å². The van der Waals surface area contributed by atoms with Crippen LogP contribution in [0, 0.1) is 0 Å². The Hall–Kier alpha value is -2.64. The van der Waals surface area contributed by atoms with Crippen molar-refractivity contribution in [3.8, 4) is 5.75 Å². The monoisotopic (exact) mass is 412 g/mol. The van der Waals surface area contributed by atoms with Gasteiger partial charge in [0, 0.05) is 22.8 Å². The van der Waals surface area contributed by atoms with Crippen LogP contribution in [0.2, 0.25) is 0 Å². The van der Waals surface area contributed by atoms with Gasteiger partial charge >= 0.3 is 0 Å². The van der Waals surface area contributed by atoms with Gasteiger partial charge in [0.25, 0.3) is 10.0 Å². The first-order chi connectivity index (χ1) is 13.5. The number of ether oxygens (including phenoxy) is 1. The summed E-state index contributed by atoms with van der Waals surface area (Å²) in [5.74, 6) is 1.32. The number of hydrogen-bond acceptors (Lipinski definition) is 5. The van der Waals surface area contributed by atoms with E-state index in [1.54, 1.807) is 23.9 Å². The number of thioether (sulfide) groups is 1. The molecule has 0 amide bonds. The second-order valence-electron chi connectivity index (χ2n) is 6.54. The van der Waals surface area contributed by atoms with Gasteiger partial charge in [0.05, 0.1) is 5.69 Å². The van der Waals surface area contributed by atoms with E-state index in [-0.39, 0.29) is 0 Å². The van der Waals surface area contributed by atoms with E-state index in [0.29, 0.717) is 29.3 Å². The maximum Gasteiger partial charge on any atom is 0.271 e. The molecule has 0 spiro atoms. The molecule has 1 atom stereocenters. The van der Waals surface area contributed by atoms with Crippen LogP contribution in [0.4, 0.5) is 11.4 Å². The number of sulfonamides is 1. The molecule has 3 aromatic rings. The van der Waals surface area contributed by atoms with Crippen molar-refractivity contribution >= 4 is 33.2 Å². The Balaban J connectivity index is 1.49. The van der Waals surface area contributed by atoms with Crippen molar-refractivity contribution in [2.24, 2.45) is 0 Å². The lowest BCUT2D eigenvalue weighted by molar-refractivity contribution is 0.307. The van der Waals surface area contributed by atoms with Gasteiger partial charge in [0.15, 0.2) is 0 Å². The van der Waals surface area contributed by atoms with E-state index in [1.165, 1.54) is 0 Å². The van der Waals surface area contributed by atoms with E-state index >= 15 is 0 Å². The highest BCUT2D eigenvalue weighted by atomic mass is 32.2. The second kappa shape index (κ2) is 7.77. The highest BCUT2D eigenvalue weighted by molar-refractivity contribution is 7.98. The summed E-state index contributed by atoms with van der Waals surface area (Å²) in [6.45, 7) is 0. The SMILES string of the molecule is Nc1cccc(CSc2ccccc2NS(=O)(=O)C2Cc3ccccc3O2)c1. The molecule has 0 saturated heterocycles. The van der Waals surface area contributed by atoms with Crippen molar-refractivity contribution in [3.63, 3.8) is 0 Å². The molecule has 0 radical (unpaired) electrons. The largest absolute Gasteiger partial charge is 0.472 e. The van der Waals surface area contributed by atoms with Gasteiger partial charge in [-0.05, 0) is 41.5 Å². The lowest BCUT2D eigenvalue weighted by atomic mass is 10.2. The van der Waals surface area contributed by atoms with Gasteiger partial charge in [-0.2, -0.15) is 0 Å². The van der Waals surface area contributed by atoms with Crippen LogP contribution in [-0.2, 0) is 22.2 Å². The number of nitrogens with one attached hydrogen (secondary N) is 1. The Bertz CT molecular complexity index is 1080. The molecule has 144 valence electrons. The predicted octanol–water partition coefficient (Wildman–Crippen LogP) is 4.26. The Labute approximate surface area is 169 Å². The van der Waals surface area contributed by atoms with E-state index in [9.17, 15) is 8.42 Å². The molecule has 7 heteroatoms.